The number of benzene rings is 1. The lowest BCUT2D eigenvalue weighted by molar-refractivity contribution is 0.271. The van der Waals surface area contributed by atoms with Gasteiger partial charge < -0.3 is 9.80 Å². The van der Waals surface area contributed by atoms with Crippen LogP contribution in [0.5, 0.6) is 0 Å². The molecule has 15 heavy (non-hydrogen) atoms. The second kappa shape index (κ2) is 6.13. The highest BCUT2D eigenvalue weighted by molar-refractivity contribution is 8.93. The Morgan fingerprint density at radius 1 is 1.00 bits per heavy atom. The number of likely N-dealkylation sites (N-methyl/N-ethyl adjacent to an activating group) is 1. The van der Waals surface area contributed by atoms with Crippen molar-refractivity contribution in [1.29, 1.82) is 0 Å². The fraction of sp³-hybridized carbons (Fsp3) is 0.500. The van der Waals surface area contributed by atoms with Crippen LogP contribution in [0.4, 0.5) is 5.69 Å². The van der Waals surface area contributed by atoms with Gasteiger partial charge in [0.1, 0.15) is 0 Å². The van der Waals surface area contributed by atoms with Crippen LogP contribution in [0.15, 0.2) is 30.3 Å². The number of rotatable bonds is 2. The highest BCUT2D eigenvalue weighted by Gasteiger charge is 2.14. The Morgan fingerprint density at radius 3 is 2.13 bits per heavy atom. The van der Waals surface area contributed by atoms with Gasteiger partial charge in [0.2, 0.25) is 0 Å². The Labute approximate surface area is 103 Å². The second-order valence-electron chi connectivity index (χ2n) is 3.76. The normalized spacial score (nSPS) is 17.3. The molecule has 1 saturated heterocycles. The van der Waals surface area contributed by atoms with E-state index in [1.54, 1.807) is 0 Å². The zero-order chi connectivity index (χ0) is 9.80. The van der Waals surface area contributed by atoms with E-state index in [4.69, 9.17) is 0 Å². The predicted octanol–water partition coefficient (Wildman–Crippen LogP) is 2.41. The Bertz CT molecular complexity index is 268. The van der Waals surface area contributed by atoms with Crippen LogP contribution in [0.3, 0.4) is 0 Å². The van der Waals surface area contributed by atoms with Gasteiger partial charge in [-0.1, -0.05) is 25.1 Å². The number of halogens is 1. The molecule has 0 saturated carbocycles. The van der Waals surface area contributed by atoms with E-state index >= 15 is 0 Å². The van der Waals surface area contributed by atoms with Gasteiger partial charge in [-0.05, 0) is 18.7 Å². The number of hydrogen-bond donors (Lipinski definition) is 0. The third-order valence-electron chi connectivity index (χ3n) is 2.94. The minimum absolute atomic E-state index is 0. The summed E-state index contributed by atoms with van der Waals surface area (Å²) in [6.07, 6.45) is 0. The summed E-state index contributed by atoms with van der Waals surface area (Å²) in [5, 5.41) is 0. The maximum atomic E-state index is 2.50. The molecule has 84 valence electrons. The summed E-state index contributed by atoms with van der Waals surface area (Å²) >= 11 is 0. The molecule has 0 unspecified atom stereocenters. The van der Waals surface area contributed by atoms with Crippen molar-refractivity contribution in [3.63, 3.8) is 0 Å². The first kappa shape index (κ1) is 12.5. The van der Waals surface area contributed by atoms with Crippen molar-refractivity contribution >= 4 is 22.7 Å². The molecule has 1 fully saturated rings. The van der Waals surface area contributed by atoms with E-state index in [1.807, 2.05) is 0 Å². The largest absolute Gasteiger partial charge is 0.369 e. The molecule has 1 aromatic rings. The Hall–Kier alpha value is -0.540. The van der Waals surface area contributed by atoms with E-state index in [0.29, 0.717) is 0 Å². The zero-order valence-corrected chi connectivity index (χ0v) is 10.9. The first-order valence-electron chi connectivity index (χ1n) is 5.42. The minimum atomic E-state index is 0. The lowest BCUT2D eigenvalue weighted by Gasteiger charge is -2.35. The molecule has 0 N–H and O–H groups in total. The third-order valence-corrected chi connectivity index (χ3v) is 2.94. The van der Waals surface area contributed by atoms with Crippen molar-refractivity contribution < 1.29 is 0 Å². The molecule has 2 rings (SSSR count). The van der Waals surface area contributed by atoms with Crippen molar-refractivity contribution in [2.24, 2.45) is 0 Å². The molecule has 0 radical (unpaired) electrons. The molecule has 0 spiro atoms. The molecule has 0 amide bonds. The van der Waals surface area contributed by atoms with Crippen LogP contribution >= 0.6 is 17.0 Å². The highest BCUT2D eigenvalue weighted by Crippen LogP contribution is 2.14. The average molecular weight is 271 g/mol. The van der Waals surface area contributed by atoms with Gasteiger partial charge >= 0.3 is 0 Å². The van der Waals surface area contributed by atoms with Gasteiger partial charge in [0.05, 0.1) is 0 Å². The lowest BCUT2D eigenvalue weighted by Crippen LogP contribution is -2.46. The van der Waals surface area contributed by atoms with E-state index < -0.39 is 0 Å². The van der Waals surface area contributed by atoms with Crippen molar-refractivity contribution in [1.82, 2.24) is 4.90 Å². The molecule has 1 aliphatic rings. The van der Waals surface area contributed by atoms with Crippen molar-refractivity contribution in [2.75, 3.05) is 37.6 Å². The van der Waals surface area contributed by atoms with Gasteiger partial charge in [0.15, 0.2) is 0 Å². The van der Waals surface area contributed by atoms with Gasteiger partial charge in [-0.3, -0.25) is 0 Å². The molecular formula is C12H19BrN2. The van der Waals surface area contributed by atoms with E-state index in [9.17, 15) is 0 Å². The molecule has 0 atom stereocenters. The van der Waals surface area contributed by atoms with Crippen LogP contribution in [0.2, 0.25) is 0 Å². The highest BCUT2D eigenvalue weighted by atomic mass is 79.9. The first-order chi connectivity index (χ1) is 6.90. The Morgan fingerprint density at radius 2 is 1.60 bits per heavy atom. The SMILES string of the molecule is Br.CCN1CCN(c2ccccc2)CC1. The van der Waals surface area contributed by atoms with Crippen LogP contribution in [-0.2, 0) is 0 Å². The van der Waals surface area contributed by atoms with E-state index in [-0.39, 0.29) is 17.0 Å². The predicted molar refractivity (Wildman–Crippen MR) is 71.1 cm³/mol. The van der Waals surface area contributed by atoms with E-state index in [1.165, 1.54) is 25.3 Å². The number of piperazine rings is 1. The standard InChI is InChI=1S/C12H18N2.BrH/c1-2-13-8-10-14(11-9-13)12-6-4-3-5-7-12;/h3-7H,2,8-11H2,1H3;1H. The van der Waals surface area contributed by atoms with Crippen molar-refractivity contribution in [3.05, 3.63) is 30.3 Å². The maximum absolute atomic E-state index is 2.50. The molecule has 1 aromatic carbocycles. The van der Waals surface area contributed by atoms with Crippen LogP contribution in [0, 0.1) is 0 Å². The molecule has 3 heteroatoms. The van der Waals surface area contributed by atoms with E-state index in [0.717, 1.165) is 13.1 Å². The van der Waals surface area contributed by atoms with Crippen LogP contribution in [0.25, 0.3) is 0 Å². The minimum Gasteiger partial charge on any atom is -0.369 e. The Balaban J connectivity index is 0.00000112. The monoisotopic (exact) mass is 270 g/mol. The molecular weight excluding hydrogens is 252 g/mol. The topological polar surface area (TPSA) is 6.48 Å². The van der Waals surface area contributed by atoms with Crippen molar-refractivity contribution in [3.8, 4) is 0 Å². The quantitative estimate of drug-likeness (QED) is 0.815. The van der Waals surface area contributed by atoms with Crippen molar-refractivity contribution in [2.45, 2.75) is 6.92 Å². The van der Waals surface area contributed by atoms with Gasteiger partial charge in [-0.15, -0.1) is 17.0 Å². The fourth-order valence-electron chi connectivity index (χ4n) is 1.96. The summed E-state index contributed by atoms with van der Waals surface area (Å²) in [5.41, 5.74) is 1.36. The number of para-hydroxylation sites is 1. The molecule has 1 heterocycles. The molecule has 0 aromatic heterocycles. The first-order valence-corrected chi connectivity index (χ1v) is 5.42. The summed E-state index contributed by atoms with van der Waals surface area (Å²) in [4.78, 5) is 4.96. The van der Waals surface area contributed by atoms with Gasteiger partial charge in [0, 0.05) is 31.9 Å². The second-order valence-corrected chi connectivity index (χ2v) is 3.76. The molecule has 0 aliphatic carbocycles. The molecule has 1 aliphatic heterocycles. The summed E-state index contributed by atoms with van der Waals surface area (Å²) in [7, 11) is 0. The fourth-order valence-corrected chi connectivity index (χ4v) is 1.96. The summed E-state index contributed by atoms with van der Waals surface area (Å²) in [5.74, 6) is 0. The van der Waals surface area contributed by atoms with Crippen LogP contribution < -0.4 is 4.90 Å². The Kier molecular flexibility index (Phi) is 5.12. The van der Waals surface area contributed by atoms with Gasteiger partial charge in [-0.25, -0.2) is 0 Å². The van der Waals surface area contributed by atoms with Crippen LogP contribution in [-0.4, -0.2) is 37.6 Å². The maximum Gasteiger partial charge on any atom is 0.0367 e. The van der Waals surface area contributed by atoms with E-state index in [2.05, 4.69) is 47.1 Å². The lowest BCUT2D eigenvalue weighted by atomic mass is 10.2. The number of anilines is 1. The average Bonchev–Trinajstić information content (AvgIpc) is 2.30. The van der Waals surface area contributed by atoms with Gasteiger partial charge in [-0.2, -0.15) is 0 Å². The summed E-state index contributed by atoms with van der Waals surface area (Å²) in [6.45, 7) is 8.15. The van der Waals surface area contributed by atoms with Crippen LogP contribution in [0.1, 0.15) is 6.92 Å². The summed E-state index contributed by atoms with van der Waals surface area (Å²) < 4.78 is 0. The number of nitrogens with zero attached hydrogens (tertiary/aromatic N) is 2. The smallest absolute Gasteiger partial charge is 0.0367 e. The summed E-state index contributed by atoms with van der Waals surface area (Å²) in [6, 6.07) is 10.7. The molecule has 0 bridgehead atoms. The number of hydrogen-bond acceptors (Lipinski definition) is 2. The zero-order valence-electron chi connectivity index (χ0n) is 9.22. The molecule has 2 nitrogen and oxygen atoms in total. The van der Waals surface area contributed by atoms with Gasteiger partial charge in [0.25, 0.3) is 0 Å². The third kappa shape index (κ3) is 3.21.